The van der Waals surface area contributed by atoms with Crippen molar-refractivity contribution in [3.8, 4) is 0 Å². The first-order valence-electron chi connectivity index (χ1n) is 4.75. The van der Waals surface area contributed by atoms with E-state index in [1.807, 2.05) is 0 Å². The van der Waals surface area contributed by atoms with Gasteiger partial charge in [-0.3, -0.25) is 0 Å². The molecule has 13 heavy (non-hydrogen) atoms. The van der Waals surface area contributed by atoms with Gasteiger partial charge in [-0.25, -0.2) is 0 Å². The molecule has 0 unspecified atom stereocenters. The lowest BCUT2D eigenvalue weighted by atomic mass is 10.2. The predicted molar refractivity (Wildman–Crippen MR) is 66.9 cm³/mol. The summed E-state index contributed by atoms with van der Waals surface area (Å²) in [6.45, 7) is 6.60. The quantitative estimate of drug-likeness (QED) is 0.719. The molecule has 1 aliphatic carbocycles. The Hall–Kier alpha value is -0.250. The number of halogens is 1. The number of hydrogen-bond acceptors (Lipinski definition) is 1. The van der Waals surface area contributed by atoms with Crippen LogP contribution in [0.1, 0.15) is 20.3 Å². The summed E-state index contributed by atoms with van der Waals surface area (Å²) in [6.07, 6.45) is 9.84. The van der Waals surface area contributed by atoms with Gasteiger partial charge in [-0.2, -0.15) is 0 Å². The van der Waals surface area contributed by atoms with E-state index in [9.17, 15) is 0 Å². The molecule has 1 aliphatic rings. The molecule has 0 spiro atoms. The second-order valence-electron chi connectivity index (χ2n) is 2.98. The highest BCUT2D eigenvalue weighted by molar-refractivity contribution is 14.1. The van der Waals surface area contributed by atoms with Crippen molar-refractivity contribution in [2.45, 2.75) is 20.3 Å². The van der Waals surface area contributed by atoms with E-state index in [1.54, 1.807) is 0 Å². The van der Waals surface area contributed by atoms with Crippen LogP contribution in [0.5, 0.6) is 0 Å². The van der Waals surface area contributed by atoms with Crippen molar-refractivity contribution in [3.05, 3.63) is 33.6 Å². The van der Waals surface area contributed by atoms with Crippen molar-refractivity contribution in [1.29, 1.82) is 0 Å². The molecule has 0 bridgehead atoms. The van der Waals surface area contributed by atoms with E-state index in [0.29, 0.717) is 0 Å². The number of nitrogens with zero attached hydrogens (tertiary/aromatic N) is 1. The second kappa shape index (κ2) is 5.47. The van der Waals surface area contributed by atoms with Gasteiger partial charge in [0.05, 0.1) is 0 Å². The summed E-state index contributed by atoms with van der Waals surface area (Å²) in [7, 11) is 0. The molecule has 0 radical (unpaired) electrons. The third-order valence-corrected chi connectivity index (χ3v) is 3.02. The number of hydrogen-bond donors (Lipinski definition) is 0. The monoisotopic (exact) mass is 289 g/mol. The first kappa shape index (κ1) is 10.8. The van der Waals surface area contributed by atoms with E-state index in [4.69, 9.17) is 0 Å². The third-order valence-electron chi connectivity index (χ3n) is 2.22. The van der Waals surface area contributed by atoms with E-state index >= 15 is 0 Å². The fourth-order valence-corrected chi connectivity index (χ4v) is 1.88. The minimum atomic E-state index is 1.06. The van der Waals surface area contributed by atoms with Crippen LogP contribution in [0, 0.1) is 0 Å². The van der Waals surface area contributed by atoms with Gasteiger partial charge in [0.25, 0.3) is 0 Å². The summed E-state index contributed by atoms with van der Waals surface area (Å²) in [5.74, 6) is 0. The molecule has 1 rings (SSSR count). The Morgan fingerprint density at radius 2 is 2.08 bits per heavy atom. The Morgan fingerprint density at radius 1 is 1.38 bits per heavy atom. The Morgan fingerprint density at radius 3 is 2.69 bits per heavy atom. The lowest BCUT2D eigenvalue weighted by molar-refractivity contribution is 0.376. The molecule has 0 N–H and O–H groups in total. The van der Waals surface area contributed by atoms with E-state index in [1.165, 1.54) is 9.28 Å². The van der Waals surface area contributed by atoms with Gasteiger partial charge < -0.3 is 4.90 Å². The molecule has 2 heteroatoms. The van der Waals surface area contributed by atoms with Gasteiger partial charge in [0.15, 0.2) is 0 Å². The van der Waals surface area contributed by atoms with Crippen LogP contribution in [-0.2, 0) is 0 Å². The van der Waals surface area contributed by atoms with Crippen LogP contribution in [0.3, 0.4) is 0 Å². The highest BCUT2D eigenvalue weighted by Crippen LogP contribution is 2.18. The van der Waals surface area contributed by atoms with Crippen molar-refractivity contribution in [2.75, 3.05) is 13.1 Å². The molecule has 72 valence electrons. The zero-order chi connectivity index (χ0) is 9.68. The summed E-state index contributed by atoms with van der Waals surface area (Å²) in [5, 5.41) is 0. The van der Waals surface area contributed by atoms with Crippen molar-refractivity contribution >= 4 is 22.6 Å². The Bertz CT molecular complexity index is 244. The molecule has 1 nitrogen and oxygen atoms in total. The zero-order valence-electron chi connectivity index (χ0n) is 8.26. The third kappa shape index (κ3) is 3.18. The Balaban J connectivity index is 2.71. The Labute approximate surface area is 94.3 Å². The fraction of sp³-hybridized carbons (Fsp3) is 0.455. The largest absolute Gasteiger partial charge is 0.375 e. The molecule has 0 saturated heterocycles. The van der Waals surface area contributed by atoms with Gasteiger partial charge in [0.2, 0.25) is 0 Å². The standard InChI is InChI=1S/C11H16IN/c1-3-13(4-2)11-7-5-6-10(12)8-9-11/h5-8H,3-4,9H2,1-2H3. The van der Waals surface area contributed by atoms with Crippen LogP contribution in [0.15, 0.2) is 33.6 Å². The summed E-state index contributed by atoms with van der Waals surface area (Å²) < 4.78 is 1.33. The maximum atomic E-state index is 2.40. The summed E-state index contributed by atoms with van der Waals surface area (Å²) in [6, 6.07) is 0. The fourth-order valence-electron chi connectivity index (χ4n) is 1.45. The molecule has 0 atom stereocenters. The van der Waals surface area contributed by atoms with Gasteiger partial charge in [0.1, 0.15) is 0 Å². The average molecular weight is 289 g/mol. The van der Waals surface area contributed by atoms with Gasteiger partial charge in [0, 0.05) is 28.8 Å². The molecule has 0 aliphatic heterocycles. The number of allylic oxidation sites excluding steroid dienone is 5. The maximum absolute atomic E-state index is 2.40. The lowest BCUT2D eigenvalue weighted by Gasteiger charge is -2.23. The van der Waals surface area contributed by atoms with E-state index in [2.05, 4.69) is 65.6 Å². The first-order valence-corrected chi connectivity index (χ1v) is 5.83. The maximum Gasteiger partial charge on any atom is 0.0171 e. The highest BCUT2D eigenvalue weighted by Gasteiger charge is 2.04. The molecule has 0 fully saturated rings. The first-order chi connectivity index (χ1) is 6.27. The highest BCUT2D eigenvalue weighted by atomic mass is 127. The summed E-state index contributed by atoms with van der Waals surface area (Å²) >= 11 is 2.36. The summed E-state index contributed by atoms with van der Waals surface area (Å²) in [4.78, 5) is 2.40. The van der Waals surface area contributed by atoms with Crippen LogP contribution >= 0.6 is 22.6 Å². The van der Waals surface area contributed by atoms with Crippen LogP contribution in [0.2, 0.25) is 0 Å². The minimum absolute atomic E-state index is 1.06. The number of rotatable bonds is 3. The predicted octanol–water partition coefficient (Wildman–Crippen LogP) is 3.49. The summed E-state index contributed by atoms with van der Waals surface area (Å²) in [5.41, 5.74) is 1.42. The Kier molecular flexibility index (Phi) is 4.56. The van der Waals surface area contributed by atoms with Crippen LogP contribution in [-0.4, -0.2) is 18.0 Å². The van der Waals surface area contributed by atoms with Gasteiger partial charge >= 0.3 is 0 Å². The topological polar surface area (TPSA) is 3.24 Å². The van der Waals surface area contributed by atoms with Crippen LogP contribution in [0.4, 0.5) is 0 Å². The van der Waals surface area contributed by atoms with E-state index in [-0.39, 0.29) is 0 Å². The van der Waals surface area contributed by atoms with E-state index in [0.717, 1.165) is 19.5 Å². The molecule has 0 saturated carbocycles. The molecule has 0 aromatic carbocycles. The van der Waals surface area contributed by atoms with E-state index < -0.39 is 0 Å². The van der Waals surface area contributed by atoms with Crippen LogP contribution < -0.4 is 0 Å². The minimum Gasteiger partial charge on any atom is -0.375 e. The van der Waals surface area contributed by atoms with Gasteiger partial charge in [-0.1, -0.05) is 12.2 Å². The normalized spacial score (nSPS) is 16.2. The molecular formula is C11H16IN. The van der Waals surface area contributed by atoms with Crippen molar-refractivity contribution < 1.29 is 0 Å². The van der Waals surface area contributed by atoms with Gasteiger partial charge in [-0.15, -0.1) is 0 Å². The molecule has 0 aromatic heterocycles. The molecule has 0 heterocycles. The van der Waals surface area contributed by atoms with Gasteiger partial charge in [-0.05, 0) is 48.6 Å². The van der Waals surface area contributed by atoms with Crippen molar-refractivity contribution in [3.63, 3.8) is 0 Å². The SMILES string of the molecule is CCN(CC)C1=CC=CC(I)=CC1. The molecule has 0 amide bonds. The van der Waals surface area contributed by atoms with Crippen molar-refractivity contribution in [2.24, 2.45) is 0 Å². The zero-order valence-corrected chi connectivity index (χ0v) is 10.4. The lowest BCUT2D eigenvalue weighted by Crippen LogP contribution is -2.21. The van der Waals surface area contributed by atoms with Crippen LogP contribution in [0.25, 0.3) is 0 Å². The second-order valence-corrected chi connectivity index (χ2v) is 4.23. The molecular weight excluding hydrogens is 273 g/mol. The average Bonchev–Trinajstić information content (AvgIpc) is 2.34. The molecule has 0 aromatic rings. The smallest absolute Gasteiger partial charge is 0.0171 e. The van der Waals surface area contributed by atoms with Crippen molar-refractivity contribution in [1.82, 2.24) is 4.90 Å².